The number of aryl methyl sites for hydroxylation is 2. The van der Waals surface area contributed by atoms with Crippen LogP contribution in [-0.2, 0) is 6.42 Å². The molecular formula is C15H15FN4S. The molecule has 1 aromatic carbocycles. The van der Waals surface area contributed by atoms with Gasteiger partial charge in [0, 0.05) is 4.88 Å². The maximum atomic E-state index is 14.0. The van der Waals surface area contributed by atoms with Crippen LogP contribution in [0.3, 0.4) is 0 Å². The highest BCUT2D eigenvalue weighted by molar-refractivity contribution is 7.18. The summed E-state index contributed by atoms with van der Waals surface area (Å²) < 4.78 is 14.0. The summed E-state index contributed by atoms with van der Waals surface area (Å²) in [6.07, 6.45) is 0.916. The first-order valence-electron chi connectivity index (χ1n) is 6.66. The van der Waals surface area contributed by atoms with Crippen LogP contribution in [0, 0.1) is 12.7 Å². The summed E-state index contributed by atoms with van der Waals surface area (Å²) in [5, 5.41) is 3.93. The fraction of sp³-hybridized carbons (Fsp3) is 0.200. The third kappa shape index (κ3) is 2.54. The van der Waals surface area contributed by atoms with E-state index in [0.29, 0.717) is 11.5 Å². The third-order valence-electron chi connectivity index (χ3n) is 3.27. The lowest BCUT2D eigenvalue weighted by molar-refractivity contribution is 0.631. The minimum Gasteiger partial charge on any atom is -0.368 e. The Bertz CT molecular complexity index is 793. The highest BCUT2D eigenvalue weighted by Gasteiger charge is 2.13. The molecule has 3 N–H and O–H groups in total. The monoisotopic (exact) mass is 302 g/mol. The fourth-order valence-electron chi connectivity index (χ4n) is 2.17. The standard InChI is InChI=1S/C15H15FN4S/c1-3-9-7-10-13(19-15(17)20-14(10)21-9)18-12-8(2)5-4-6-11(12)16/h4-7H,3H2,1-2H3,(H3,17,18,19,20). The molecule has 3 aromatic rings. The van der Waals surface area contributed by atoms with Crippen molar-refractivity contribution < 1.29 is 4.39 Å². The predicted molar refractivity (Wildman–Crippen MR) is 85.6 cm³/mol. The van der Waals surface area contributed by atoms with Crippen molar-refractivity contribution in [2.24, 2.45) is 0 Å². The minimum atomic E-state index is -0.314. The molecule has 0 saturated heterocycles. The molecule has 0 aliphatic rings. The summed E-state index contributed by atoms with van der Waals surface area (Å²) in [5.74, 6) is 0.413. The molecule has 0 aliphatic carbocycles. The minimum absolute atomic E-state index is 0.184. The Labute approximate surface area is 125 Å². The zero-order chi connectivity index (χ0) is 15.0. The maximum absolute atomic E-state index is 14.0. The van der Waals surface area contributed by atoms with E-state index in [1.165, 1.54) is 10.9 Å². The van der Waals surface area contributed by atoms with Crippen LogP contribution in [0.25, 0.3) is 10.2 Å². The smallest absolute Gasteiger partial charge is 0.223 e. The van der Waals surface area contributed by atoms with E-state index in [4.69, 9.17) is 5.73 Å². The highest BCUT2D eigenvalue weighted by Crippen LogP contribution is 2.32. The Morgan fingerprint density at radius 3 is 2.86 bits per heavy atom. The van der Waals surface area contributed by atoms with Crippen LogP contribution in [-0.4, -0.2) is 9.97 Å². The number of nitrogens with zero attached hydrogens (tertiary/aromatic N) is 2. The van der Waals surface area contributed by atoms with Crippen molar-refractivity contribution in [3.05, 3.63) is 40.5 Å². The Morgan fingerprint density at radius 1 is 1.33 bits per heavy atom. The van der Waals surface area contributed by atoms with E-state index in [2.05, 4.69) is 22.2 Å². The van der Waals surface area contributed by atoms with Crippen LogP contribution in [0.15, 0.2) is 24.3 Å². The maximum Gasteiger partial charge on any atom is 0.223 e. The molecule has 3 rings (SSSR count). The second-order valence-electron chi connectivity index (χ2n) is 4.77. The van der Waals surface area contributed by atoms with E-state index < -0.39 is 0 Å². The quantitative estimate of drug-likeness (QED) is 0.767. The number of thiophene rings is 1. The van der Waals surface area contributed by atoms with Gasteiger partial charge < -0.3 is 11.1 Å². The summed E-state index contributed by atoms with van der Waals surface area (Å²) in [4.78, 5) is 10.5. The van der Waals surface area contributed by atoms with Gasteiger partial charge in [-0.15, -0.1) is 11.3 Å². The lowest BCUT2D eigenvalue weighted by Gasteiger charge is -2.11. The van der Waals surface area contributed by atoms with E-state index in [1.54, 1.807) is 17.4 Å². The van der Waals surface area contributed by atoms with Gasteiger partial charge in [0.15, 0.2) is 0 Å². The number of aromatic nitrogens is 2. The van der Waals surface area contributed by atoms with Crippen LogP contribution in [0.1, 0.15) is 17.4 Å². The molecule has 2 heterocycles. The summed E-state index contributed by atoms with van der Waals surface area (Å²) in [6, 6.07) is 6.97. The molecule has 21 heavy (non-hydrogen) atoms. The summed E-state index contributed by atoms with van der Waals surface area (Å²) in [7, 11) is 0. The number of nitrogens with two attached hydrogens (primary N) is 1. The van der Waals surface area contributed by atoms with Crippen LogP contribution < -0.4 is 11.1 Å². The number of rotatable bonds is 3. The van der Waals surface area contributed by atoms with Crippen molar-refractivity contribution in [2.75, 3.05) is 11.1 Å². The molecule has 0 bridgehead atoms. The molecular weight excluding hydrogens is 287 g/mol. The van der Waals surface area contributed by atoms with Gasteiger partial charge >= 0.3 is 0 Å². The Balaban J connectivity index is 2.13. The first kappa shape index (κ1) is 13.8. The molecule has 2 aromatic heterocycles. The normalized spacial score (nSPS) is 11.0. The molecule has 108 valence electrons. The Morgan fingerprint density at radius 2 is 2.14 bits per heavy atom. The van der Waals surface area contributed by atoms with Crippen molar-refractivity contribution in [2.45, 2.75) is 20.3 Å². The van der Waals surface area contributed by atoms with Gasteiger partial charge in [0.2, 0.25) is 5.95 Å². The van der Waals surface area contributed by atoms with Crippen LogP contribution in [0.2, 0.25) is 0 Å². The van der Waals surface area contributed by atoms with E-state index in [0.717, 1.165) is 22.2 Å². The van der Waals surface area contributed by atoms with Crippen LogP contribution in [0.5, 0.6) is 0 Å². The Hall–Kier alpha value is -2.21. The van der Waals surface area contributed by atoms with Gasteiger partial charge in [-0.05, 0) is 31.0 Å². The second-order valence-corrected chi connectivity index (χ2v) is 5.89. The lowest BCUT2D eigenvalue weighted by Crippen LogP contribution is -2.02. The molecule has 0 radical (unpaired) electrons. The van der Waals surface area contributed by atoms with Gasteiger partial charge in [0.25, 0.3) is 0 Å². The first-order valence-corrected chi connectivity index (χ1v) is 7.48. The van der Waals surface area contributed by atoms with Crippen molar-refractivity contribution in [1.82, 2.24) is 9.97 Å². The van der Waals surface area contributed by atoms with Crippen LogP contribution in [0.4, 0.5) is 21.8 Å². The topological polar surface area (TPSA) is 63.8 Å². The number of hydrogen-bond donors (Lipinski definition) is 2. The van der Waals surface area contributed by atoms with Crippen molar-refractivity contribution in [3.63, 3.8) is 0 Å². The van der Waals surface area contributed by atoms with E-state index >= 15 is 0 Å². The number of anilines is 3. The van der Waals surface area contributed by atoms with Gasteiger partial charge in [0.05, 0.1) is 11.1 Å². The molecule has 0 unspecified atom stereocenters. The molecule has 0 fully saturated rings. The third-order valence-corrected chi connectivity index (χ3v) is 4.45. The van der Waals surface area contributed by atoms with E-state index in [1.807, 2.05) is 19.1 Å². The average molecular weight is 302 g/mol. The number of para-hydroxylation sites is 1. The fourth-order valence-corrected chi connectivity index (χ4v) is 3.14. The van der Waals surface area contributed by atoms with Gasteiger partial charge in [-0.1, -0.05) is 19.1 Å². The Kier molecular flexibility index (Phi) is 3.47. The first-order chi connectivity index (χ1) is 10.1. The van der Waals surface area contributed by atoms with Crippen molar-refractivity contribution in [3.8, 4) is 0 Å². The number of fused-ring (bicyclic) bond motifs is 1. The zero-order valence-electron chi connectivity index (χ0n) is 11.8. The molecule has 0 amide bonds. The number of nitrogens with one attached hydrogen (secondary N) is 1. The van der Waals surface area contributed by atoms with E-state index in [9.17, 15) is 4.39 Å². The molecule has 0 aliphatic heterocycles. The SMILES string of the molecule is CCc1cc2c(Nc3c(C)cccc3F)nc(N)nc2s1. The van der Waals surface area contributed by atoms with Gasteiger partial charge in [-0.2, -0.15) is 4.98 Å². The van der Waals surface area contributed by atoms with Crippen LogP contribution >= 0.6 is 11.3 Å². The molecule has 4 nitrogen and oxygen atoms in total. The summed E-state index contributed by atoms with van der Waals surface area (Å²) in [6.45, 7) is 3.92. The van der Waals surface area contributed by atoms with Gasteiger partial charge in [-0.3, -0.25) is 0 Å². The van der Waals surface area contributed by atoms with Crippen molar-refractivity contribution >= 4 is 39.0 Å². The predicted octanol–water partition coefficient (Wildman–Crippen LogP) is 4.03. The number of halogens is 1. The average Bonchev–Trinajstić information content (AvgIpc) is 2.86. The lowest BCUT2D eigenvalue weighted by atomic mass is 10.2. The zero-order valence-corrected chi connectivity index (χ0v) is 12.6. The largest absolute Gasteiger partial charge is 0.368 e. The van der Waals surface area contributed by atoms with Gasteiger partial charge in [-0.25, -0.2) is 9.37 Å². The number of nitrogen functional groups attached to an aromatic ring is 1. The molecule has 0 saturated carbocycles. The molecule has 0 spiro atoms. The van der Waals surface area contributed by atoms with Gasteiger partial charge in [0.1, 0.15) is 16.5 Å². The number of hydrogen-bond acceptors (Lipinski definition) is 5. The number of benzene rings is 1. The second kappa shape index (κ2) is 5.29. The molecule has 0 atom stereocenters. The summed E-state index contributed by atoms with van der Waals surface area (Å²) in [5.41, 5.74) is 6.98. The highest BCUT2D eigenvalue weighted by atomic mass is 32.1. The van der Waals surface area contributed by atoms with E-state index in [-0.39, 0.29) is 11.8 Å². The molecule has 6 heteroatoms. The van der Waals surface area contributed by atoms with Crippen molar-refractivity contribution in [1.29, 1.82) is 0 Å². The summed E-state index contributed by atoms with van der Waals surface area (Å²) >= 11 is 1.58.